The van der Waals surface area contributed by atoms with Crippen molar-refractivity contribution in [1.29, 1.82) is 0 Å². The van der Waals surface area contributed by atoms with Crippen LogP contribution >= 0.6 is 0 Å². The summed E-state index contributed by atoms with van der Waals surface area (Å²) in [5.74, 6) is 0. The van der Waals surface area contributed by atoms with E-state index in [1.807, 2.05) is 0 Å². The van der Waals surface area contributed by atoms with E-state index in [0.29, 0.717) is 0 Å². The predicted molar refractivity (Wildman–Crippen MR) is 5.75 cm³/mol. The van der Waals surface area contributed by atoms with Gasteiger partial charge in [0.15, 0.2) is 0 Å². The maximum absolute atomic E-state index is 0. The van der Waals surface area contributed by atoms with E-state index < -0.39 is 0 Å². The van der Waals surface area contributed by atoms with Gasteiger partial charge in [-0.1, -0.05) is 0 Å². The molecule has 0 aromatic heterocycles. The van der Waals surface area contributed by atoms with Crippen molar-refractivity contribution in [2.45, 2.75) is 0 Å². The monoisotopic (exact) mass is 410 g/mol. The molecule has 0 aliphatic rings. The molecule has 0 atom stereocenters. The van der Waals surface area contributed by atoms with Gasteiger partial charge in [-0.05, 0) is 0 Å². The summed E-state index contributed by atoms with van der Waals surface area (Å²) < 4.78 is 0. The van der Waals surface area contributed by atoms with E-state index in [9.17, 15) is 0 Å². The number of rotatable bonds is 0. The van der Waals surface area contributed by atoms with Gasteiger partial charge in [0, 0.05) is 0 Å². The Bertz CT molecular complexity index is 6.85. The minimum absolute atomic E-state index is 0. The number of hydrogen-bond acceptors (Lipinski definition) is 0. The molecule has 0 spiro atoms. The Balaban J connectivity index is 0. The van der Waals surface area contributed by atoms with E-state index in [-0.39, 0.29) is 155 Å². The van der Waals surface area contributed by atoms with Crippen LogP contribution in [0.1, 0.15) is 0 Å². The summed E-state index contributed by atoms with van der Waals surface area (Å²) in [6.45, 7) is 0. The van der Waals surface area contributed by atoms with Crippen molar-refractivity contribution in [2.75, 3.05) is 0 Å². The van der Waals surface area contributed by atoms with Crippen LogP contribution in [0.3, 0.4) is 0 Å². The summed E-state index contributed by atoms with van der Waals surface area (Å²) in [6.07, 6.45) is 0. The summed E-state index contributed by atoms with van der Waals surface area (Å²) in [6, 6.07) is 0. The van der Waals surface area contributed by atoms with Crippen LogP contribution in [-0.4, -0.2) is 45.5 Å². The van der Waals surface area contributed by atoms with Crippen LogP contribution < -0.4 is 109 Å². The minimum Gasteiger partial charge on any atom is -1.00 e. The maximum Gasteiger partial charge on any atom is 2.00 e. The molecule has 24 valence electrons. The van der Waals surface area contributed by atoms with Crippen LogP contribution in [0.5, 0.6) is 0 Å². The van der Waals surface area contributed by atoms with Crippen LogP contribution in [-0.2, 0) is 0 Å². The third kappa shape index (κ3) is 17.7. The topological polar surface area (TPSA) is 0 Å². The molecule has 0 aliphatic carbocycles. The largest absolute Gasteiger partial charge is 2.00 e. The Morgan fingerprint density at radius 3 is 0.600 bits per heavy atom. The first-order valence-electron chi connectivity index (χ1n) is 0. The molecule has 0 heterocycles. The second kappa shape index (κ2) is 23.3. The Kier molecular flexibility index (Phi) is 155. The Morgan fingerprint density at radius 1 is 0.600 bits per heavy atom. The number of hydrogen-bond donors (Lipinski definition) is 0. The van der Waals surface area contributed by atoms with Crippen LogP contribution in [0.15, 0.2) is 0 Å². The molecule has 0 aliphatic heterocycles. The molecule has 0 bridgehead atoms. The van der Waals surface area contributed by atoms with E-state index in [1.165, 1.54) is 0 Å². The van der Waals surface area contributed by atoms with Crippen molar-refractivity contribution in [2.24, 2.45) is 0 Å². The first-order chi connectivity index (χ1) is 0. The van der Waals surface area contributed by atoms with Crippen molar-refractivity contribution in [1.82, 2.24) is 0 Å². The normalized spacial score (nSPS) is 0. The summed E-state index contributed by atoms with van der Waals surface area (Å²) in [7, 11) is 0. The second-order valence-electron chi connectivity index (χ2n) is 0. The molecule has 0 rings (SSSR count). The zero-order valence-corrected chi connectivity index (χ0v) is 16.0. The zero-order chi connectivity index (χ0) is 0. The molecule has 0 radical (unpaired) electrons. The molecule has 0 aromatic carbocycles. The summed E-state index contributed by atoms with van der Waals surface area (Å²) in [5.41, 5.74) is 0. The summed E-state index contributed by atoms with van der Waals surface area (Å²) in [4.78, 5) is 0. The second-order valence-corrected chi connectivity index (χ2v) is 0. The summed E-state index contributed by atoms with van der Waals surface area (Å²) >= 11 is 0. The summed E-state index contributed by atoms with van der Waals surface area (Å²) in [5, 5.41) is 0. The third-order valence-corrected chi connectivity index (χ3v) is 0. The fraction of sp³-hybridized carbons (Fsp3) is 0. The fourth-order valence-electron chi connectivity index (χ4n) is 0. The van der Waals surface area contributed by atoms with Crippen LogP contribution in [0.4, 0.5) is 0 Å². The molecule has 0 N–H and O–H groups in total. The van der Waals surface area contributed by atoms with Gasteiger partial charge < -0.3 is 50.9 Å². The van der Waals surface area contributed by atoms with Gasteiger partial charge in [-0.25, -0.2) is 0 Å². The van der Waals surface area contributed by atoms with Gasteiger partial charge in [0.25, 0.3) is 0 Å². The van der Waals surface area contributed by atoms with Gasteiger partial charge >= 0.3 is 104 Å². The third-order valence-electron chi connectivity index (χ3n) is 0. The van der Waals surface area contributed by atoms with Gasteiger partial charge in [-0.3, -0.25) is 0 Å². The number of halogens is 3. The molecule has 5 heavy (non-hydrogen) atoms. The van der Waals surface area contributed by atoms with Gasteiger partial charge in [0.1, 0.15) is 0 Å². The van der Waals surface area contributed by atoms with Crippen molar-refractivity contribution in [3.63, 3.8) is 0 Å². The van der Waals surface area contributed by atoms with Gasteiger partial charge in [0.2, 0.25) is 0 Å². The van der Waals surface area contributed by atoms with Crippen LogP contribution in [0, 0.1) is 0 Å². The average molecular weight is 413 g/mol. The molecular weight excluding hydrogens is 413 g/mol. The predicted octanol–water partition coefficient (Wildman–Crippen LogP) is -12.4. The SMILES string of the molecule is [Br-].[Br-].[Br-].[Rb+].[Sr+2]. The molecule has 0 unspecified atom stereocenters. The molecule has 0 fully saturated rings. The Hall–Kier alpha value is 4.73. The molecule has 0 nitrogen and oxygen atoms in total. The van der Waals surface area contributed by atoms with Gasteiger partial charge in [-0.2, -0.15) is 0 Å². The molecule has 0 saturated carbocycles. The Morgan fingerprint density at radius 2 is 0.600 bits per heavy atom. The quantitative estimate of drug-likeness (QED) is 0.347. The standard InChI is InChI=1S/3BrH.Rb.Sr/h3*1H;;/q;;;+1;+2/p-3. The molecular formula is Br3RbSr. The van der Waals surface area contributed by atoms with E-state index in [4.69, 9.17) is 0 Å². The van der Waals surface area contributed by atoms with Crippen molar-refractivity contribution >= 4 is 45.5 Å². The van der Waals surface area contributed by atoms with Crippen molar-refractivity contribution in [3.8, 4) is 0 Å². The average Bonchev–Trinajstić information content (AvgIpc) is 0. The van der Waals surface area contributed by atoms with Crippen molar-refractivity contribution < 1.29 is 109 Å². The minimum atomic E-state index is 0. The maximum atomic E-state index is 0. The van der Waals surface area contributed by atoms with E-state index >= 15 is 0 Å². The fourth-order valence-corrected chi connectivity index (χ4v) is 0. The van der Waals surface area contributed by atoms with Gasteiger partial charge in [-0.15, -0.1) is 0 Å². The van der Waals surface area contributed by atoms with Crippen molar-refractivity contribution in [3.05, 3.63) is 0 Å². The molecule has 5 heteroatoms. The zero-order valence-electron chi connectivity index (χ0n) is 2.84. The first kappa shape index (κ1) is 33.2. The van der Waals surface area contributed by atoms with E-state index in [1.54, 1.807) is 0 Å². The van der Waals surface area contributed by atoms with Crippen LogP contribution in [0.25, 0.3) is 0 Å². The van der Waals surface area contributed by atoms with E-state index in [0.717, 1.165) is 0 Å². The smallest absolute Gasteiger partial charge is 1.00 e. The molecule has 0 saturated heterocycles. The molecule has 0 aromatic rings. The first-order valence-corrected chi connectivity index (χ1v) is 0. The Labute approximate surface area is 150 Å². The van der Waals surface area contributed by atoms with Gasteiger partial charge in [0.05, 0.1) is 0 Å². The van der Waals surface area contributed by atoms with E-state index in [2.05, 4.69) is 0 Å². The molecule has 0 amide bonds. The van der Waals surface area contributed by atoms with Crippen LogP contribution in [0.2, 0.25) is 0 Å².